The Bertz CT molecular complexity index is 1560. The second kappa shape index (κ2) is 47.2. The number of ether oxygens (including phenoxy) is 3. The number of rotatable bonds is 36. The van der Waals surface area contributed by atoms with Crippen molar-refractivity contribution in [1.82, 2.24) is 0 Å². The second-order valence-electron chi connectivity index (χ2n) is 13.7. The van der Waals surface area contributed by atoms with Crippen LogP contribution in [0.25, 0.3) is 0 Å². The lowest BCUT2D eigenvalue weighted by molar-refractivity contribution is -0.166. The highest BCUT2D eigenvalue weighted by atomic mass is 16.6. The highest BCUT2D eigenvalue weighted by Gasteiger charge is 2.19. The molecule has 0 saturated carbocycles. The van der Waals surface area contributed by atoms with E-state index in [1.165, 1.54) is 0 Å². The lowest BCUT2D eigenvalue weighted by Crippen LogP contribution is -2.30. The minimum atomic E-state index is -0.876. The predicted molar refractivity (Wildman–Crippen MR) is 260 cm³/mol. The van der Waals surface area contributed by atoms with E-state index < -0.39 is 18.0 Å². The first-order valence-electron chi connectivity index (χ1n) is 22.4. The van der Waals surface area contributed by atoms with Crippen molar-refractivity contribution in [3.05, 3.63) is 182 Å². The van der Waals surface area contributed by atoms with Gasteiger partial charge >= 0.3 is 17.9 Å². The highest BCUT2D eigenvalue weighted by molar-refractivity contribution is 5.71. The molecule has 61 heavy (non-hydrogen) atoms. The van der Waals surface area contributed by atoms with Gasteiger partial charge in [0, 0.05) is 19.3 Å². The number of hydrogen-bond acceptors (Lipinski definition) is 6. The summed E-state index contributed by atoms with van der Waals surface area (Å²) in [5.41, 5.74) is 0. The van der Waals surface area contributed by atoms with E-state index in [1.54, 1.807) is 0 Å². The molecule has 0 heterocycles. The molecule has 0 aliphatic carbocycles. The van der Waals surface area contributed by atoms with E-state index in [0.29, 0.717) is 25.7 Å². The number of esters is 3. The Morgan fingerprint density at radius 1 is 0.344 bits per heavy atom. The molecule has 0 N–H and O–H groups in total. The fourth-order valence-corrected chi connectivity index (χ4v) is 4.89. The molecule has 0 rings (SSSR count). The molecule has 0 aromatic carbocycles. The second-order valence-corrected chi connectivity index (χ2v) is 13.7. The quantitative estimate of drug-likeness (QED) is 0.0206. The molecule has 0 fully saturated rings. The summed E-state index contributed by atoms with van der Waals surface area (Å²) in [6.45, 7) is 5.99. The van der Waals surface area contributed by atoms with Crippen LogP contribution in [-0.2, 0) is 28.6 Å². The van der Waals surface area contributed by atoms with Gasteiger partial charge in [-0.1, -0.05) is 203 Å². The van der Waals surface area contributed by atoms with Gasteiger partial charge in [0.1, 0.15) is 13.2 Å². The van der Waals surface area contributed by atoms with Crippen LogP contribution in [0.15, 0.2) is 182 Å². The molecule has 1 atom stereocenters. The summed E-state index contributed by atoms with van der Waals surface area (Å²) >= 11 is 0. The first-order valence-corrected chi connectivity index (χ1v) is 22.4. The van der Waals surface area contributed by atoms with E-state index in [9.17, 15) is 14.4 Å². The maximum atomic E-state index is 12.7. The Morgan fingerprint density at radius 3 is 1.02 bits per heavy atom. The van der Waals surface area contributed by atoms with E-state index in [4.69, 9.17) is 14.2 Å². The van der Waals surface area contributed by atoms with Gasteiger partial charge in [-0.05, 0) is 83.5 Å². The van der Waals surface area contributed by atoms with Gasteiger partial charge in [0.25, 0.3) is 0 Å². The van der Waals surface area contributed by atoms with E-state index in [2.05, 4.69) is 93.7 Å². The van der Waals surface area contributed by atoms with Crippen molar-refractivity contribution in [3.8, 4) is 0 Å². The summed E-state index contributed by atoms with van der Waals surface area (Å²) in [7, 11) is 0. The van der Waals surface area contributed by atoms with Gasteiger partial charge in [-0.3, -0.25) is 14.4 Å². The third kappa shape index (κ3) is 45.4. The third-order valence-electron chi connectivity index (χ3n) is 8.14. The monoisotopic (exact) mass is 833 g/mol. The SMILES string of the molecule is CC\C=C/C=C\C=C/C=C\C=C/CCCC(=O)OCC(COC(=O)CCC/C=C\C/C=C\C/C=C\C/C=C\C/C=C\CC)OC(=O)CCC\C=C/C=C\C=C/C=C\C=C/CC. The predicted octanol–water partition coefficient (Wildman–Crippen LogP) is 14.6. The van der Waals surface area contributed by atoms with Crippen molar-refractivity contribution < 1.29 is 28.6 Å². The van der Waals surface area contributed by atoms with Crippen molar-refractivity contribution in [2.24, 2.45) is 0 Å². The lowest BCUT2D eigenvalue weighted by Gasteiger charge is -2.18. The van der Waals surface area contributed by atoms with Crippen molar-refractivity contribution in [2.45, 2.75) is 130 Å². The summed E-state index contributed by atoms with van der Waals surface area (Å²) in [4.78, 5) is 37.7. The van der Waals surface area contributed by atoms with Crippen LogP contribution in [0, 0.1) is 0 Å². The molecule has 6 nitrogen and oxygen atoms in total. The number of hydrogen-bond donors (Lipinski definition) is 0. The van der Waals surface area contributed by atoms with Crippen molar-refractivity contribution in [1.29, 1.82) is 0 Å². The van der Waals surface area contributed by atoms with Crippen LogP contribution in [0.1, 0.15) is 124 Å². The van der Waals surface area contributed by atoms with Crippen LogP contribution in [0.5, 0.6) is 0 Å². The molecule has 1 unspecified atom stereocenters. The molecule has 0 aromatic rings. The lowest BCUT2D eigenvalue weighted by atomic mass is 10.2. The maximum Gasteiger partial charge on any atom is 0.306 e. The van der Waals surface area contributed by atoms with Gasteiger partial charge in [-0.2, -0.15) is 0 Å². The summed E-state index contributed by atoms with van der Waals surface area (Å²) in [6.07, 6.45) is 71.8. The smallest absolute Gasteiger partial charge is 0.306 e. The third-order valence-corrected chi connectivity index (χ3v) is 8.14. The largest absolute Gasteiger partial charge is 0.462 e. The van der Waals surface area contributed by atoms with Gasteiger partial charge in [0.15, 0.2) is 6.10 Å². The van der Waals surface area contributed by atoms with Crippen molar-refractivity contribution >= 4 is 17.9 Å². The minimum absolute atomic E-state index is 0.170. The number of carbonyl (C=O) groups excluding carboxylic acids is 3. The van der Waals surface area contributed by atoms with E-state index >= 15 is 0 Å². The van der Waals surface area contributed by atoms with E-state index in [-0.39, 0.29) is 38.4 Å². The molecule has 0 radical (unpaired) electrons. The Labute approximate surface area is 370 Å². The van der Waals surface area contributed by atoms with E-state index in [1.807, 2.05) is 109 Å². The normalized spacial score (nSPS) is 13.8. The number of carbonyl (C=O) groups is 3. The summed E-state index contributed by atoms with van der Waals surface area (Å²) in [5.74, 6) is -1.20. The Hall–Kier alpha value is -5.49. The van der Waals surface area contributed by atoms with Crippen LogP contribution in [0.4, 0.5) is 0 Å². The molecule has 0 aromatic heterocycles. The first kappa shape index (κ1) is 55.5. The van der Waals surface area contributed by atoms with Crippen molar-refractivity contribution in [2.75, 3.05) is 13.2 Å². The molecule has 6 heteroatoms. The Morgan fingerprint density at radius 2 is 0.639 bits per heavy atom. The Balaban J connectivity index is 4.75. The zero-order valence-corrected chi connectivity index (χ0v) is 37.6. The summed E-state index contributed by atoms with van der Waals surface area (Å²) in [5, 5.41) is 0. The molecule has 0 aliphatic rings. The van der Waals surface area contributed by atoms with Gasteiger partial charge in [0.2, 0.25) is 0 Å². The van der Waals surface area contributed by atoms with Gasteiger partial charge in [-0.15, -0.1) is 0 Å². The molecular weight excluding hydrogens is 757 g/mol. The standard InChI is InChI=1S/C55H76O6/c1-4-7-10-13-16-19-22-25-26-27-28-31-33-36-39-42-45-48-54(57)60-51-52(61-55(58)49-46-43-40-37-34-30-24-21-18-15-12-9-6-3)50-59-53(56)47-44-41-38-35-32-29-23-20-17-14-11-8-5-2/h7-12,14-21,23-26,28-32,34-40,52H,4-6,13,22,27,33,41-51H2,1-3H3/b10-7-,11-8-,12-9-,17-14-,18-15-,19-16-,23-20-,24-21-,26-25-,31-28-,32-29-,34-30-,38-35-,39-36-,40-37-. The van der Waals surface area contributed by atoms with Gasteiger partial charge < -0.3 is 14.2 Å². The molecule has 332 valence electrons. The zero-order valence-electron chi connectivity index (χ0n) is 37.6. The average Bonchev–Trinajstić information content (AvgIpc) is 3.26. The van der Waals surface area contributed by atoms with Crippen LogP contribution in [0.3, 0.4) is 0 Å². The number of allylic oxidation sites excluding steroid dienone is 30. The maximum absolute atomic E-state index is 12.7. The molecule has 0 amide bonds. The molecule has 0 bridgehead atoms. The molecule has 0 aliphatic heterocycles. The fraction of sp³-hybridized carbons (Fsp3) is 0.400. The zero-order chi connectivity index (χ0) is 44.4. The van der Waals surface area contributed by atoms with Crippen LogP contribution < -0.4 is 0 Å². The average molecular weight is 833 g/mol. The summed E-state index contributed by atoms with van der Waals surface area (Å²) < 4.78 is 16.5. The van der Waals surface area contributed by atoms with Gasteiger partial charge in [0.05, 0.1) is 0 Å². The van der Waals surface area contributed by atoms with Crippen molar-refractivity contribution in [3.63, 3.8) is 0 Å². The van der Waals surface area contributed by atoms with Gasteiger partial charge in [-0.25, -0.2) is 0 Å². The first-order chi connectivity index (χ1) is 30.0. The van der Waals surface area contributed by atoms with Crippen LogP contribution in [0.2, 0.25) is 0 Å². The molecular formula is C55H76O6. The summed E-state index contributed by atoms with van der Waals surface area (Å²) in [6, 6.07) is 0. The topological polar surface area (TPSA) is 78.9 Å². The van der Waals surface area contributed by atoms with Crippen LogP contribution in [-0.4, -0.2) is 37.2 Å². The Kier molecular flexibility index (Phi) is 42.9. The number of unbranched alkanes of at least 4 members (excludes halogenated alkanes) is 3. The van der Waals surface area contributed by atoms with Crippen LogP contribution >= 0.6 is 0 Å². The molecule has 0 spiro atoms. The molecule has 0 saturated heterocycles. The van der Waals surface area contributed by atoms with E-state index in [0.717, 1.165) is 57.8 Å². The fourth-order valence-electron chi connectivity index (χ4n) is 4.89. The highest BCUT2D eigenvalue weighted by Crippen LogP contribution is 2.08. The minimum Gasteiger partial charge on any atom is -0.462 e.